The summed E-state index contributed by atoms with van der Waals surface area (Å²) in [4.78, 5) is 18.5. The van der Waals surface area contributed by atoms with Crippen LogP contribution in [0.1, 0.15) is 10.5 Å². The first-order chi connectivity index (χ1) is 5.90. The van der Waals surface area contributed by atoms with Crippen LogP contribution in [-0.2, 0) is 0 Å². The van der Waals surface area contributed by atoms with E-state index in [0.717, 1.165) is 17.0 Å². The van der Waals surface area contributed by atoms with Gasteiger partial charge in [0.05, 0.1) is 5.51 Å². The normalized spacial score (nSPS) is 10.0. The minimum atomic E-state index is 0.475. The van der Waals surface area contributed by atoms with Crippen LogP contribution in [0.3, 0.4) is 0 Å². The smallest absolute Gasteiger partial charge is 0.169 e. The zero-order valence-corrected chi connectivity index (χ0v) is 7.56. The number of rotatable bonds is 2. The topological polar surface area (TPSA) is 42.9 Å². The standard InChI is InChI=1S/C7H4N2OS2/c10-1-5-2-12-7(9-5)6-3-11-4-8-6/h1-4H. The maximum absolute atomic E-state index is 10.3. The quantitative estimate of drug-likeness (QED) is 0.691. The lowest BCUT2D eigenvalue weighted by atomic mass is 10.5. The molecule has 0 aromatic carbocycles. The molecule has 0 aliphatic rings. The highest BCUT2D eigenvalue weighted by Crippen LogP contribution is 2.22. The summed E-state index contributed by atoms with van der Waals surface area (Å²) >= 11 is 2.95. The van der Waals surface area contributed by atoms with E-state index in [4.69, 9.17) is 0 Å². The third-order valence-corrected chi connectivity index (χ3v) is 2.76. The maximum Gasteiger partial charge on any atom is 0.169 e. The van der Waals surface area contributed by atoms with E-state index in [2.05, 4.69) is 9.97 Å². The molecule has 0 saturated heterocycles. The summed E-state index contributed by atoms with van der Waals surface area (Å²) < 4.78 is 0. The summed E-state index contributed by atoms with van der Waals surface area (Å²) in [6.45, 7) is 0. The number of thiazole rings is 2. The Hall–Kier alpha value is -1.07. The molecule has 3 nitrogen and oxygen atoms in total. The predicted molar refractivity (Wildman–Crippen MR) is 48.6 cm³/mol. The van der Waals surface area contributed by atoms with E-state index >= 15 is 0 Å². The van der Waals surface area contributed by atoms with Crippen LogP contribution in [0.5, 0.6) is 0 Å². The second-order valence-electron chi connectivity index (χ2n) is 2.07. The molecule has 0 radical (unpaired) electrons. The van der Waals surface area contributed by atoms with Crippen molar-refractivity contribution in [3.8, 4) is 10.7 Å². The number of aldehydes is 1. The van der Waals surface area contributed by atoms with Gasteiger partial charge in [0.1, 0.15) is 16.4 Å². The highest BCUT2D eigenvalue weighted by Gasteiger charge is 2.04. The summed E-state index contributed by atoms with van der Waals surface area (Å²) in [5.74, 6) is 0. The Bertz CT molecular complexity index is 380. The maximum atomic E-state index is 10.3. The van der Waals surface area contributed by atoms with Gasteiger partial charge in [0.2, 0.25) is 0 Å². The van der Waals surface area contributed by atoms with Gasteiger partial charge in [-0.3, -0.25) is 4.79 Å². The van der Waals surface area contributed by atoms with E-state index in [1.807, 2.05) is 5.38 Å². The van der Waals surface area contributed by atoms with Gasteiger partial charge in [-0.15, -0.1) is 22.7 Å². The Morgan fingerprint density at radius 1 is 1.42 bits per heavy atom. The SMILES string of the molecule is O=Cc1csc(-c2cscn2)n1. The highest BCUT2D eigenvalue weighted by molar-refractivity contribution is 7.14. The monoisotopic (exact) mass is 196 g/mol. The summed E-state index contributed by atoms with van der Waals surface area (Å²) in [7, 11) is 0. The molecule has 0 fully saturated rings. The van der Waals surface area contributed by atoms with Gasteiger partial charge >= 0.3 is 0 Å². The molecule has 2 aromatic heterocycles. The molecule has 0 N–H and O–H groups in total. The zero-order chi connectivity index (χ0) is 8.39. The molecule has 0 spiro atoms. The summed E-state index contributed by atoms with van der Waals surface area (Å²) in [6.07, 6.45) is 0.742. The minimum absolute atomic E-state index is 0.475. The van der Waals surface area contributed by atoms with E-state index in [0.29, 0.717) is 5.69 Å². The van der Waals surface area contributed by atoms with Gasteiger partial charge in [-0.2, -0.15) is 0 Å². The van der Waals surface area contributed by atoms with Crippen LogP contribution in [0, 0.1) is 0 Å². The minimum Gasteiger partial charge on any atom is -0.296 e. The molecule has 0 unspecified atom stereocenters. The Labute approximate surface area is 76.7 Å². The molecule has 0 bridgehead atoms. The Balaban J connectivity index is 2.41. The van der Waals surface area contributed by atoms with Crippen molar-refractivity contribution < 1.29 is 4.79 Å². The Kier molecular flexibility index (Phi) is 1.97. The summed E-state index contributed by atoms with van der Waals surface area (Å²) in [5.41, 5.74) is 3.07. The number of hydrogen-bond acceptors (Lipinski definition) is 5. The van der Waals surface area contributed by atoms with Crippen molar-refractivity contribution in [2.75, 3.05) is 0 Å². The molecule has 2 aromatic rings. The second-order valence-corrected chi connectivity index (χ2v) is 3.65. The van der Waals surface area contributed by atoms with Crippen molar-refractivity contribution in [1.29, 1.82) is 0 Å². The molecule has 5 heteroatoms. The molecular weight excluding hydrogens is 192 g/mol. The molecule has 0 saturated carbocycles. The molecule has 0 aliphatic heterocycles. The van der Waals surface area contributed by atoms with Crippen LogP contribution in [0.2, 0.25) is 0 Å². The molecular formula is C7H4N2OS2. The largest absolute Gasteiger partial charge is 0.296 e. The molecule has 2 heterocycles. The number of carbonyl (C=O) groups excluding carboxylic acids is 1. The van der Waals surface area contributed by atoms with E-state index < -0.39 is 0 Å². The van der Waals surface area contributed by atoms with Crippen LogP contribution in [0.15, 0.2) is 16.3 Å². The molecule has 0 atom stereocenters. The first-order valence-electron chi connectivity index (χ1n) is 3.19. The summed E-state index contributed by atoms with van der Waals surface area (Å²) in [5, 5.41) is 4.44. The number of nitrogens with zero attached hydrogens (tertiary/aromatic N) is 2. The van der Waals surface area contributed by atoms with Crippen molar-refractivity contribution in [1.82, 2.24) is 9.97 Å². The molecule has 2 rings (SSSR count). The number of hydrogen-bond donors (Lipinski definition) is 0. The van der Waals surface area contributed by atoms with Gasteiger partial charge in [0.25, 0.3) is 0 Å². The fourth-order valence-corrected chi connectivity index (χ4v) is 2.12. The summed E-state index contributed by atoms with van der Waals surface area (Å²) in [6, 6.07) is 0. The van der Waals surface area contributed by atoms with Gasteiger partial charge in [-0.05, 0) is 0 Å². The van der Waals surface area contributed by atoms with Gasteiger partial charge in [0, 0.05) is 10.8 Å². The van der Waals surface area contributed by atoms with Crippen LogP contribution >= 0.6 is 22.7 Å². The molecule has 60 valence electrons. The third-order valence-electron chi connectivity index (χ3n) is 1.29. The van der Waals surface area contributed by atoms with Gasteiger partial charge < -0.3 is 0 Å². The highest BCUT2D eigenvalue weighted by atomic mass is 32.1. The lowest BCUT2D eigenvalue weighted by Gasteiger charge is -1.83. The first-order valence-corrected chi connectivity index (χ1v) is 5.01. The third kappa shape index (κ3) is 1.28. The lowest BCUT2D eigenvalue weighted by Crippen LogP contribution is -1.79. The van der Waals surface area contributed by atoms with Gasteiger partial charge in [-0.1, -0.05) is 0 Å². The number of aromatic nitrogens is 2. The van der Waals surface area contributed by atoms with Gasteiger partial charge in [-0.25, -0.2) is 9.97 Å². The van der Waals surface area contributed by atoms with E-state index in [1.165, 1.54) is 22.7 Å². The van der Waals surface area contributed by atoms with E-state index in [9.17, 15) is 4.79 Å². The Morgan fingerprint density at radius 2 is 2.33 bits per heavy atom. The van der Waals surface area contributed by atoms with Crippen molar-refractivity contribution in [3.63, 3.8) is 0 Å². The van der Waals surface area contributed by atoms with E-state index in [1.54, 1.807) is 10.9 Å². The molecule has 12 heavy (non-hydrogen) atoms. The first kappa shape index (κ1) is 7.57. The van der Waals surface area contributed by atoms with Crippen molar-refractivity contribution in [2.45, 2.75) is 0 Å². The number of carbonyl (C=O) groups is 1. The average Bonchev–Trinajstić information content (AvgIpc) is 2.75. The van der Waals surface area contributed by atoms with Crippen LogP contribution in [-0.4, -0.2) is 16.3 Å². The van der Waals surface area contributed by atoms with Crippen LogP contribution < -0.4 is 0 Å². The van der Waals surface area contributed by atoms with E-state index in [-0.39, 0.29) is 0 Å². The lowest BCUT2D eigenvalue weighted by molar-refractivity contribution is 0.111. The van der Waals surface area contributed by atoms with Gasteiger partial charge in [0.15, 0.2) is 6.29 Å². The van der Waals surface area contributed by atoms with Crippen molar-refractivity contribution >= 4 is 29.0 Å². The molecule has 0 amide bonds. The van der Waals surface area contributed by atoms with Crippen molar-refractivity contribution in [3.05, 3.63) is 22.0 Å². The van der Waals surface area contributed by atoms with Crippen LogP contribution in [0.4, 0.5) is 0 Å². The second kappa shape index (κ2) is 3.12. The molecule has 0 aliphatic carbocycles. The zero-order valence-electron chi connectivity index (χ0n) is 5.93. The average molecular weight is 196 g/mol. The fraction of sp³-hybridized carbons (Fsp3) is 0. The fourth-order valence-electron chi connectivity index (χ4n) is 0.776. The predicted octanol–water partition coefficient (Wildman–Crippen LogP) is 2.08. The van der Waals surface area contributed by atoms with Crippen molar-refractivity contribution in [2.24, 2.45) is 0 Å². The van der Waals surface area contributed by atoms with Crippen LogP contribution in [0.25, 0.3) is 10.7 Å². The Morgan fingerprint density at radius 3 is 2.92 bits per heavy atom.